The Labute approximate surface area is 117 Å². The van der Waals surface area contributed by atoms with Crippen molar-refractivity contribution in [3.05, 3.63) is 29.6 Å². The van der Waals surface area contributed by atoms with Crippen molar-refractivity contribution in [3.63, 3.8) is 0 Å². The van der Waals surface area contributed by atoms with Crippen LogP contribution in [-0.4, -0.2) is 24.0 Å². The van der Waals surface area contributed by atoms with E-state index in [1.165, 1.54) is 12.1 Å². The topological polar surface area (TPSA) is 81.4 Å². The Bertz CT molecular complexity index is 515. The Kier molecular flexibility index (Phi) is 5.07. The number of rotatable bonds is 5. The minimum Gasteiger partial charge on any atom is -0.452 e. The highest BCUT2D eigenvalue weighted by Gasteiger charge is 2.19. The summed E-state index contributed by atoms with van der Waals surface area (Å²) in [5.41, 5.74) is 4.96. The van der Waals surface area contributed by atoms with Crippen molar-refractivity contribution in [2.45, 2.75) is 32.7 Å². The maximum atomic E-state index is 13.0. The number of nitrogens with two attached hydrogens (primary N) is 1. The Hall–Kier alpha value is -2.11. The van der Waals surface area contributed by atoms with Crippen LogP contribution >= 0.6 is 0 Å². The van der Waals surface area contributed by atoms with E-state index in [2.05, 4.69) is 5.32 Å². The number of nitrogen functional groups attached to an aromatic ring is 1. The van der Waals surface area contributed by atoms with E-state index in [1.807, 2.05) is 20.8 Å². The van der Waals surface area contributed by atoms with Crippen molar-refractivity contribution >= 4 is 17.6 Å². The maximum absolute atomic E-state index is 13.0. The molecule has 0 spiro atoms. The van der Waals surface area contributed by atoms with E-state index in [-0.39, 0.29) is 29.3 Å². The number of amides is 1. The first-order valence-electron chi connectivity index (χ1n) is 6.28. The average Bonchev–Trinajstić information content (AvgIpc) is 2.38. The van der Waals surface area contributed by atoms with Gasteiger partial charge in [-0.15, -0.1) is 0 Å². The second kappa shape index (κ2) is 6.36. The largest absolute Gasteiger partial charge is 0.452 e. The number of carbonyl (C=O) groups excluding carboxylic acids is 2. The van der Waals surface area contributed by atoms with E-state index in [4.69, 9.17) is 10.5 Å². The summed E-state index contributed by atoms with van der Waals surface area (Å²) in [6.07, 6.45) is 0.751. The minimum absolute atomic E-state index is 0.103. The van der Waals surface area contributed by atoms with Crippen LogP contribution in [0.4, 0.5) is 10.1 Å². The second-order valence-corrected chi connectivity index (χ2v) is 5.10. The quantitative estimate of drug-likeness (QED) is 0.638. The van der Waals surface area contributed by atoms with Crippen molar-refractivity contribution < 1.29 is 18.7 Å². The zero-order valence-corrected chi connectivity index (χ0v) is 11.8. The molecule has 0 atom stereocenters. The van der Waals surface area contributed by atoms with Gasteiger partial charge in [0.2, 0.25) is 0 Å². The third kappa shape index (κ3) is 4.53. The van der Waals surface area contributed by atoms with Gasteiger partial charge in [-0.3, -0.25) is 4.79 Å². The molecule has 0 aliphatic rings. The Balaban J connectivity index is 2.55. The third-order valence-corrected chi connectivity index (χ3v) is 2.93. The fourth-order valence-electron chi connectivity index (χ4n) is 1.39. The van der Waals surface area contributed by atoms with E-state index < -0.39 is 11.8 Å². The van der Waals surface area contributed by atoms with Crippen molar-refractivity contribution in [1.29, 1.82) is 0 Å². The summed E-state index contributed by atoms with van der Waals surface area (Å²) in [4.78, 5) is 23.3. The molecule has 1 amide bonds. The molecular weight excluding hydrogens is 263 g/mol. The fraction of sp³-hybridized carbons (Fsp3) is 0.429. The number of halogens is 1. The van der Waals surface area contributed by atoms with Gasteiger partial charge in [0.05, 0.1) is 11.3 Å². The molecule has 1 rings (SSSR count). The third-order valence-electron chi connectivity index (χ3n) is 2.93. The van der Waals surface area contributed by atoms with Gasteiger partial charge in [-0.25, -0.2) is 9.18 Å². The molecule has 0 aliphatic carbocycles. The van der Waals surface area contributed by atoms with Gasteiger partial charge in [-0.1, -0.05) is 6.92 Å². The molecule has 0 unspecified atom stereocenters. The molecule has 1 aromatic rings. The molecule has 0 saturated heterocycles. The van der Waals surface area contributed by atoms with Gasteiger partial charge < -0.3 is 15.8 Å². The average molecular weight is 282 g/mol. The van der Waals surface area contributed by atoms with E-state index in [9.17, 15) is 14.0 Å². The van der Waals surface area contributed by atoms with E-state index in [0.717, 1.165) is 12.5 Å². The van der Waals surface area contributed by atoms with Crippen LogP contribution in [0, 0.1) is 5.82 Å². The van der Waals surface area contributed by atoms with Crippen LogP contribution in [0.15, 0.2) is 18.2 Å². The van der Waals surface area contributed by atoms with Gasteiger partial charge in [0, 0.05) is 5.54 Å². The Morgan fingerprint density at radius 2 is 2.05 bits per heavy atom. The van der Waals surface area contributed by atoms with Gasteiger partial charge in [0.25, 0.3) is 5.91 Å². The normalized spacial score (nSPS) is 11.0. The number of ether oxygens (including phenoxy) is 1. The summed E-state index contributed by atoms with van der Waals surface area (Å²) >= 11 is 0. The molecular formula is C14H19FN2O3. The summed E-state index contributed by atoms with van der Waals surface area (Å²) < 4.78 is 17.8. The molecule has 3 N–H and O–H groups in total. The van der Waals surface area contributed by atoms with Crippen LogP contribution in [-0.2, 0) is 9.53 Å². The molecule has 0 radical (unpaired) electrons. The zero-order chi connectivity index (χ0) is 15.3. The molecule has 110 valence electrons. The lowest BCUT2D eigenvalue weighted by Crippen LogP contribution is -2.44. The molecule has 0 aromatic heterocycles. The van der Waals surface area contributed by atoms with Crippen LogP contribution in [0.2, 0.25) is 0 Å². The Morgan fingerprint density at radius 1 is 1.40 bits per heavy atom. The first-order valence-corrected chi connectivity index (χ1v) is 6.28. The van der Waals surface area contributed by atoms with E-state index in [1.54, 1.807) is 0 Å². The highest BCUT2D eigenvalue weighted by molar-refractivity contribution is 5.92. The molecule has 5 nitrogen and oxygen atoms in total. The molecule has 0 bridgehead atoms. The van der Waals surface area contributed by atoms with E-state index >= 15 is 0 Å². The number of nitrogens with one attached hydrogen (secondary N) is 1. The smallest absolute Gasteiger partial charge is 0.338 e. The van der Waals surface area contributed by atoms with Gasteiger partial charge in [-0.05, 0) is 38.5 Å². The van der Waals surface area contributed by atoms with Gasteiger partial charge >= 0.3 is 5.97 Å². The van der Waals surface area contributed by atoms with Crippen LogP contribution in [0.25, 0.3) is 0 Å². The molecule has 6 heteroatoms. The number of anilines is 1. The summed E-state index contributed by atoms with van der Waals surface area (Å²) in [7, 11) is 0. The summed E-state index contributed by atoms with van der Waals surface area (Å²) in [5.74, 6) is -1.72. The SMILES string of the molecule is CCC(C)(C)NC(=O)COC(=O)c1ccc(F)c(N)c1. The molecule has 0 fully saturated rings. The van der Waals surface area contributed by atoms with Gasteiger partial charge in [0.15, 0.2) is 6.61 Å². The molecule has 0 heterocycles. The molecule has 1 aromatic carbocycles. The first-order chi connectivity index (χ1) is 9.25. The zero-order valence-electron chi connectivity index (χ0n) is 11.8. The maximum Gasteiger partial charge on any atom is 0.338 e. The lowest BCUT2D eigenvalue weighted by molar-refractivity contribution is -0.125. The number of hydrogen-bond donors (Lipinski definition) is 2. The van der Waals surface area contributed by atoms with Crippen LogP contribution in [0.3, 0.4) is 0 Å². The monoisotopic (exact) mass is 282 g/mol. The summed E-state index contributed by atoms with van der Waals surface area (Å²) in [6, 6.07) is 3.50. The number of benzene rings is 1. The highest BCUT2D eigenvalue weighted by Crippen LogP contribution is 2.13. The predicted molar refractivity (Wildman–Crippen MR) is 73.6 cm³/mol. The summed E-state index contributed by atoms with van der Waals surface area (Å²) in [5, 5.41) is 2.73. The molecule has 0 aliphatic heterocycles. The minimum atomic E-state index is -0.721. The van der Waals surface area contributed by atoms with E-state index in [0.29, 0.717) is 0 Å². The standard InChI is InChI=1S/C14H19FN2O3/c1-4-14(2,3)17-12(18)8-20-13(19)9-5-6-10(15)11(16)7-9/h5-7H,4,8,16H2,1-3H3,(H,17,18). The molecule has 0 saturated carbocycles. The van der Waals surface area contributed by atoms with Crippen LogP contribution in [0.5, 0.6) is 0 Å². The highest BCUT2D eigenvalue weighted by atomic mass is 19.1. The lowest BCUT2D eigenvalue weighted by atomic mass is 10.0. The predicted octanol–water partition coefficient (Wildman–Crippen LogP) is 1.87. The summed E-state index contributed by atoms with van der Waals surface area (Å²) in [6.45, 7) is 5.29. The second-order valence-electron chi connectivity index (χ2n) is 5.10. The van der Waals surface area contributed by atoms with Crippen molar-refractivity contribution in [2.24, 2.45) is 0 Å². The number of hydrogen-bond acceptors (Lipinski definition) is 4. The van der Waals surface area contributed by atoms with Gasteiger partial charge in [-0.2, -0.15) is 0 Å². The number of esters is 1. The lowest BCUT2D eigenvalue weighted by Gasteiger charge is -2.24. The van der Waals surface area contributed by atoms with Crippen LogP contribution < -0.4 is 11.1 Å². The first kappa shape index (κ1) is 15.9. The molecule has 20 heavy (non-hydrogen) atoms. The fourth-order valence-corrected chi connectivity index (χ4v) is 1.39. The van der Waals surface area contributed by atoms with Crippen molar-refractivity contribution in [3.8, 4) is 0 Å². The van der Waals surface area contributed by atoms with Crippen LogP contribution in [0.1, 0.15) is 37.6 Å². The van der Waals surface area contributed by atoms with Gasteiger partial charge in [0.1, 0.15) is 5.82 Å². The van der Waals surface area contributed by atoms with Crippen molar-refractivity contribution in [2.75, 3.05) is 12.3 Å². The van der Waals surface area contributed by atoms with Crippen molar-refractivity contribution in [1.82, 2.24) is 5.32 Å². The Morgan fingerprint density at radius 3 is 2.60 bits per heavy atom. The number of carbonyl (C=O) groups is 2.